The highest BCUT2D eigenvalue weighted by Crippen LogP contribution is 2.01. The van der Waals surface area contributed by atoms with Crippen LogP contribution in [-0.4, -0.2) is 38.5 Å². The monoisotopic (exact) mass is 382 g/mol. The van der Waals surface area contributed by atoms with Crippen LogP contribution in [0.1, 0.15) is 0 Å². The molecule has 0 aromatic carbocycles. The van der Waals surface area contributed by atoms with Crippen molar-refractivity contribution in [1.82, 2.24) is 0 Å². The van der Waals surface area contributed by atoms with Gasteiger partial charge in [0.05, 0.1) is 0 Å². The second-order valence-electron chi connectivity index (χ2n) is 2.03. The van der Waals surface area contributed by atoms with Gasteiger partial charge in [-0.1, -0.05) is 47.8 Å². The van der Waals surface area contributed by atoms with Crippen molar-refractivity contribution >= 4 is 57.1 Å². The molecule has 0 aromatic heterocycles. The minimum atomic E-state index is -1.38. The van der Waals surface area contributed by atoms with Gasteiger partial charge < -0.3 is 8.85 Å². The standard InChI is InChI=1S/C6H13Br3O2Si/c7-1-4-10-12(6-3-9)11-5-2-8/h12H,1-6H2. The average Bonchev–Trinajstić information content (AvgIpc) is 2.10. The molecule has 0 fully saturated rings. The molecule has 6 heteroatoms. The molecule has 0 bridgehead atoms. The van der Waals surface area contributed by atoms with Gasteiger partial charge in [0.2, 0.25) is 0 Å². The van der Waals surface area contributed by atoms with E-state index in [0.29, 0.717) is 0 Å². The van der Waals surface area contributed by atoms with Gasteiger partial charge in [-0.25, -0.2) is 0 Å². The number of rotatable bonds is 8. The lowest BCUT2D eigenvalue weighted by Gasteiger charge is -2.13. The van der Waals surface area contributed by atoms with E-state index in [2.05, 4.69) is 47.8 Å². The van der Waals surface area contributed by atoms with Gasteiger partial charge in [-0.2, -0.15) is 0 Å². The van der Waals surface area contributed by atoms with E-state index >= 15 is 0 Å². The fourth-order valence-corrected chi connectivity index (χ4v) is 4.21. The molecule has 0 aliphatic rings. The van der Waals surface area contributed by atoms with Crippen molar-refractivity contribution in [2.45, 2.75) is 6.04 Å². The van der Waals surface area contributed by atoms with Crippen LogP contribution in [0.3, 0.4) is 0 Å². The molecule has 0 saturated heterocycles. The maximum atomic E-state index is 5.55. The van der Waals surface area contributed by atoms with Crippen molar-refractivity contribution in [3.8, 4) is 0 Å². The SMILES string of the molecule is BrCCO[SiH](CCBr)OCCBr. The van der Waals surface area contributed by atoms with E-state index in [-0.39, 0.29) is 0 Å². The van der Waals surface area contributed by atoms with Gasteiger partial charge in [0, 0.05) is 29.2 Å². The van der Waals surface area contributed by atoms with Crippen LogP contribution in [0.4, 0.5) is 0 Å². The highest BCUT2D eigenvalue weighted by atomic mass is 79.9. The predicted octanol–water partition coefficient (Wildman–Crippen LogP) is 2.42. The molecular formula is C6H13Br3O2Si. The van der Waals surface area contributed by atoms with Gasteiger partial charge in [0.25, 0.3) is 0 Å². The Morgan fingerprint density at radius 3 is 1.67 bits per heavy atom. The van der Waals surface area contributed by atoms with E-state index in [1.165, 1.54) is 0 Å². The Balaban J connectivity index is 3.40. The minimum absolute atomic E-state index is 0.756. The second kappa shape index (κ2) is 10.7. The third kappa shape index (κ3) is 8.19. The molecule has 0 N–H and O–H groups in total. The fraction of sp³-hybridized carbons (Fsp3) is 1.00. The predicted molar refractivity (Wildman–Crippen MR) is 65.2 cm³/mol. The zero-order valence-corrected chi connectivity index (χ0v) is 12.7. The zero-order chi connectivity index (χ0) is 9.23. The Labute approximate surface area is 101 Å². The normalized spacial score (nSPS) is 11.0. The van der Waals surface area contributed by atoms with E-state index in [9.17, 15) is 0 Å². The topological polar surface area (TPSA) is 18.5 Å². The van der Waals surface area contributed by atoms with Gasteiger partial charge in [-0.15, -0.1) is 0 Å². The number of halogens is 3. The summed E-state index contributed by atoms with van der Waals surface area (Å²) in [5.74, 6) is 0. The molecular weight excluding hydrogens is 372 g/mol. The molecule has 0 atom stereocenters. The molecule has 0 amide bonds. The molecule has 0 radical (unpaired) electrons. The fourth-order valence-electron chi connectivity index (χ4n) is 0.656. The Morgan fingerprint density at radius 1 is 0.833 bits per heavy atom. The van der Waals surface area contributed by atoms with Gasteiger partial charge in [0.1, 0.15) is 0 Å². The molecule has 0 aliphatic heterocycles. The molecule has 0 aliphatic carbocycles. The Morgan fingerprint density at radius 2 is 1.33 bits per heavy atom. The van der Waals surface area contributed by atoms with Crippen LogP contribution in [0.15, 0.2) is 0 Å². The lowest BCUT2D eigenvalue weighted by Crippen LogP contribution is -2.25. The van der Waals surface area contributed by atoms with Crippen LogP contribution in [0.2, 0.25) is 6.04 Å². The molecule has 0 saturated carbocycles. The van der Waals surface area contributed by atoms with Gasteiger partial charge in [0.15, 0.2) is 0 Å². The molecule has 2 nitrogen and oxygen atoms in total. The maximum absolute atomic E-state index is 5.55. The molecule has 0 rings (SSSR count). The first-order chi connectivity index (χ1) is 5.85. The summed E-state index contributed by atoms with van der Waals surface area (Å²) in [6.45, 7) is 1.51. The third-order valence-corrected chi connectivity index (χ3v) is 5.03. The van der Waals surface area contributed by atoms with E-state index in [1.54, 1.807) is 0 Å². The molecule has 0 aromatic rings. The number of hydrogen-bond acceptors (Lipinski definition) is 2. The Hall–Kier alpha value is 1.58. The summed E-state index contributed by atoms with van der Waals surface area (Å²) in [7, 11) is -1.38. The van der Waals surface area contributed by atoms with Crippen molar-refractivity contribution in [1.29, 1.82) is 0 Å². The van der Waals surface area contributed by atoms with Crippen LogP contribution in [0.25, 0.3) is 0 Å². The van der Waals surface area contributed by atoms with Crippen LogP contribution in [0.5, 0.6) is 0 Å². The van der Waals surface area contributed by atoms with Gasteiger partial charge >= 0.3 is 9.28 Å². The highest BCUT2D eigenvalue weighted by Gasteiger charge is 2.11. The highest BCUT2D eigenvalue weighted by molar-refractivity contribution is 9.09. The van der Waals surface area contributed by atoms with Gasteiger partial charge in [-0.05, 0) is 6.04 Å². The van der Waals surface area contributed by atoms with Crippen molar-refractivity contribution in [3.63, 3.8) is 0 Å². The summed E-state index contributed by atoms with van der Waals surface area (Å²) in [6, 6.07) is 1.03. The summed E-state index contributed by atoms with van der Waals surface area (Å²) in [5.41, 5.74) is 0. The van der Waals surface area contributed by atoms with Gasteiger partial charge in [-0.3, -0.25) is 0 Å². The quantitative estimate of drug-likeness (QED) is 0.472. The molecule has 12 heavy (non-hydrogen) atoms. The number of hydrogen-bond donors (Lipinski definition) is 0. The Kier molecular flexibility index (Phi) is 12.1. The third-order valence-electron chi connectivity index (χ3n) is 1.11. The summed E-state index contributed by atoms with van der Waals surface area (Å²) in [6.07, 6.45) is 0. The number of alkyl halides is 3. The van der Waals surface area contributed by atoms with E-state index in [0.717, 1.165) is 35.2 Å². The smallest absolute Gasteiger partial charge is 0.322 e. The Bertz CT molecular complexity index is 88.9. The van der Waals surface area contributed by atoms with E-state index in [1.807, 2.05) is 0 Å². The zero-order valence-electron chi connectivity index (χ0n) is 6.77. The summed E-state index contributed by atoms with van der Waals surface area (Å²) < 4.78 is 11.1. The molecule has 0 heterocycles. The van der Waals surface area contributed by atoms with Crippen molar-refractivity contribution in [3.05, 3.63) is 0 Å². The van der Waals surface area contributed by atoms with Crippen LogP contribution in [0, 0.1) is 0 Å². The molecule has 74 valence electrons. The molecule has 0 unspecified atom stereocenters. The first-order valence-corrected chi connectivity index (χ1v) is 8.88. The van der Waals surface area contributed by atoms with Crippen molar-refractivity contribution in [2.75, 3.05) is 29.2 Å². The first kappa shape index (κ1) is 13.6. The second-order valence-corrected chi connectivity index (χ2v) is 6.51. The maximum Gasteiger partial charge on any atom is 0.322 e. The van der Waals surface area contributed by atoms with Crippen molar-refractivity contribution in [2.24, 2.45) is 0 Å². The minimum Gasteiger partial charge on any atom is -0.396 e. The molecule has 0 spiro atoms. The van der Waals surface area contributed by atoms with Crippen LogP contribution >= 0.6 is 47.8 Å². The largest absolute Gasteiger partial charge is 0.396 e. The average molecular weight is 385 g/mol. The summed E-state index contributed by atoms with van der Waals surface area (Å²) in [4.78, 5) is 0. The lowest BCUT2D eigenvalue weighted by atomic mass is 10.9. The van der Waals surface area contributed by atoms with E-state index < -0.39 is 9.28 Å². The summed E-state index contributed by atoms with van der Waals surface area (Å²) >= 11 is 10.0. The lowest BCUT2D eigenvalue weighted by molar-refractivity contribution is 0.219. The first-order valence-electron chi connectivity index (χ1n) is 3.76. The summed E-state index contributed by atoms with van der Waals surface area (Å²) in [5, 5.41) is 2.74. The van der Waals surface area contributed by atoms with E-state index in [4.69, 9.17) is 8.85 Å². The van der Waals surface area contributed by atoms with Crippen LogP contribution in [-0.2, 0) is 8.85 Å². The van der Waals surface area contributed by atoms with Crippen LogP contribution < -0.4 is 0 Å². The van der Waals surface area contributed by atoms with Crippen molar-refractivity contribution < 1.29 is 8.85 Å².